The Morgan fingerprint density at radius 2 is 1.65 bits per heavy atom. The summed E-state index contributed by atoms with van der Waals surface area (Å²) in [5.41, 5.74) is 8.79. The van der Waals surface area contributed by atoms with Crippen LogP contribution in [-0.4, -0.2) is 33.9 Å². The highest BCUT2D eigenvalue weighted by Crippen LogP contribution is 2.24. The number of amidine groups is 1. The Balaban J connectivity index is 1.46. The van der Waals surface area contributed by atoms with Crippen LogP contribution < -0.4 is 11.3 Å². The minimum atomic E-state index is 0.0105. The van der Waals surface area contributed by atoms with E-state index in [-0.39, 0.29) is 11.4 Å². The van der Waals surface area contributed by atoms with Crippen molar-refractivity contribution in [2.45, 2.75) is 77.4 Å². The predicted molar refractivity (Wildman–Crippen MR) is 143 cm³/mol. The number of aryl methyl sites for hydroxylation is 1. The largest absolute Gasteiger partial charge is 0.384 e. The van der Waals surface area contributed by atoms with Gasteiger partial charge in [0.25, 0.3) is 5.56 Å². The van der Waals surface area contributed by atoms with Gasteiger partial charge in [-0.25, -0.2) is 0 Å². The van der Waals surface area contributed by atoms with Crippen molar-refractivity contribution in [1.29, 1.82) is 5.41 Å². The van der Waals surface area contributed by atoms with Gasteiger partial charge in [-0.05, 0) is 75.2 Å². The van der Waals surface area contributed by atoms with E-state index in [1.54, 1.807) is 6.07 Å². The van der Waals surface area contributed by atoms with Gasteiger partial charge in [0.15, 0.2) is 0 Å². The average molecular weight is 459 g/mol. The van der Waals surface area contributed by atoms with Crippen LogP contribution in [0.3, 0.4) is 0 Å². The molecule has 0 unspecified atom stereocenters. The maximum atomic E-state index is 13.5. The Morgan fingerprint density at radius 1 is 0.941 bits per heavy atom. The number of nitrogens with one attached hydrogen (secondary N) is 1. The molecule has 0 amide bonds. The molecular formula is C29H38N4O. The molecule has 5 heteroatoms. The number of nitrogens with zero attached hydrogens (tertiary/aromatic N) is 2. The minimum Gasteiger partial charge on any atom is -0.384 e. The zero-order valence-electron chi connectivity index (χ0n) is 20.6. The third-order valence-electron chi connectivity index (χ3n) is 7.41. The molecule has 2 heterocycles. The third kappa shape index (κ3) is 5.41. The topological polar surface area (TPSA) is 75.1 Å². The number of piperidine rings is 1. The smallest absolute Gasteiger partial charge is 0.258 e. The zero-order chi connectivity index (χ0) is 24.1. The number of benzene rings is 2. The quantitative estimate of drug-likeness (QED) is 0.243. The Labute approximate surface area is 203 Å². The van der Waals surface area contributed by atoms with Crippen molar-refractivity contribution < 1.29 is 0 Å². The van der Waals surface area contributed by atoms with Crippen LogP contribution >= 0.6 is 0 Å². The van der Waals surface area contributed by atoms with E-state index in [1.807, 2.05) is 47.0 Å². The average Bonchev–Trinajstić information content (AvgIpc) is 2.83. The van der Waals surface area contributed by atoms with Gasteiger partial charge in [-0.1, -0.05) is 55.7 Å². The molecule has 0 aliphatic carbocycles. The summed E-state index contributed by atoms with van der Waals surface area (Å²) >= 11 is 0. The number of nitrogen functional groups attached to an aromatic ring is 1. The second-order valence-electron chi connectivity index (χ2n) is 9.85. The van der Waals surface area contributed by atoms with Gasteiger partial charge in [0.2, 0.25) is 0 Å². The van der Waals surface area contributed by atoms with Crippen LogP contribution in [-0.2, 0) is 6.54 Å². The van der Waals surface area contributed by atoms with Crippen molar-refractivity contribution in [2.75, 3.05) is 6.54 Å². The van der Waals surface area contributed by atoms with Gasteiger partial charge in [-0.3, -0.25) is 15.1 Å². The van der Waals surface area contributed by atoms with E-state index in [1.165, 1.54) is 38.6 Å². The molecule has 0 spiro atoms. The number of aromatic nitrogens is 1. The van der Waals surface area contributed by atoms with Crippen molar-refractivity contribution in [1.82, 2.24) is 9.47 Å². The van der Waals surface area contributed by atoms with Gasteiger partial charge in [-0.2, -0.15) is 0 Å². The summed E-state index contributed by atoms with van der Waals surface area (Å²) in [7, 11) is 0. The lowest BCUT2D eigenvalue weighted by molar-refractivity contribution is 0.101. The van der Waals surface area contributed by atoms with Gasteiger partial charge >= 0.3 is 0 Å². The highest BCUT2D eigenvalue weighted by Gasteiger charge is 2.23. The molecule has 1 fully saturated rings. The Kier molecular flexibility index (Phi) is 7.84. The predicted octanol–water partition coefficient (Wildman–Crippen LogP) is 5.78. The number of fused-ring (bicyclic) bond motifs is 1. The number of hydrogen-bond acceptors (Lipinski definition) is 3. The highest BCUT2D eigenvalue weighted by atomic mass is 16.1. The number of likely N-dealkylation sites (tertiary alicyclic amines) is 1. The van der Waals surface area contributed by atoms with Crippen molar-refractivity contribution >= 4 is 16.7 Å². The van der Waals surface area contributed by atoms with E-state index >= 15 is 0 Å². The van der Waals surface area contributed by atoms with Crippen molar-refractivity contribution in [3.05, 3.63) is 70.5 Å². The highest BCUT2D eigenvalue weighted by molar-refractivity contribution is 5.96. The lowest BCUT2D eigenvalue weighted by Crippen LogP contribution is -2.44. The summed E-state index contributed by atoms with van der Waals surface area (Å²) in [5, 5.41) is 8.80. The van der Waals surface area contributed by atoms with E-state index < -0.39 is 0 Å². The number of nitrogens with two attached hydrogens (primary N) is 1. The van der Waals surface area contributed by atoms with Crippen LogP contribution in [0.5, 0.6) is 0 Å². The summed E-state index contributed by atoms with van der Waals surface area (Å²) in [4.78, 5) is 16.2. The van der Waals surface area contributed by atoms with Crippen LogP contribution in [0.15, 0.2) is 59.4 Å². The third-order valence-corrected chi connectivity index (χ3v) is 7.41. The molecule has 180 valence electrons. The molecule has 0 radical (unpaired) electrons. The van der Waals surface area contributed by atoms with Crippen LogP contribution in [0, 0.1) is 5.41 Å². The normalized spacial score (nSPS) is 18.9. The fourth-order valence-corrected chi connectivity index (χ4v) is 5.44. The standard InChI is InChI=1S/C29H38N4O/c1-21-11-9-12-22(2)32(21)17-7-3-4-8-18-33-27-16-6-5-13-24(27)20-26(29(33)34)23-14-10-15-25(19-23)28(30)31/h5-6,10,13-16,19-22H,3-4,7-9,11-12,17-18H2,1-2H3,(H3,30,31)/t21-,22+. The van der Waals surface area contributed by atoms with Crippen LogP contribution in [0.1, 0.15) is 64.4 Å². The van der Waals surface area contributed by atoms with E-state index in [2.05, 4.69) is 24.8 Å². The van der Waals surface area contributed by atoms with Crippen molar-refractivity contribution in [2.24, 2.45) is 5.73 Å². The second kappa shape index (κ2) is 11.0. The number of rotatable bonds is 9. The first-order valence-electron chi connectivity index (χ1n) is 12.8. The van der Waals surface area contributed by atoms with Crippen LogP contribution in [0.2, 0.25) is 0 Å². The summed E-state index contributed by atoms with van der Waals surface area (Å²) in [6, 6.07) is 18.9. The van der Waals surface area contributed by atoms with E-state index in [9.17, 15) is 4.79 Å². The Morgan fingerprint density at radius 3 is 2.38 bits per heavy atom. The summed E-state index contributed by atoms with van der Waals surface area (Å²) < 4.78 is 1.93. The van der Waals surface area contributed by atoms with Gasteiger partial charge < -0.3 is 10.3 Å². The van der Waals surface area contributed by atoms with E-state index in [0.29, 0.717) is 23.2 Å². The van der Waals surface area contributed by atoms with Gasteiger partial charge in [0, 0.05) is 29.8 Å². The Hall–Kier alpha value is -2.92. The molecule has 3 N–H and O–H groups in total. The van der Waals surface area contributed by atoms with Gasteiger partial charge in [0.1, 0.15) is 5.84 Å². The minimum absolute atomic E-state index is 0.0105. The van der Waals surface area contributed by atoms with Crippen molar-refractivity contribution in [3.63, 3.8) is 0 Å². The molecular weight excluding hydrogens is 420 g/mol. The molecule has 3 aromatic rings. The molecule has 1 aliphatic heterocycles. The maximum Gasteiger partial charge on any atom is 0.258 e. The van der Waals surface area contributed by atoms with E-state index in [0.717, 1.165) is 35.9 Å². The first-order chi connectivity index (χ1) is 16.5. The molecule has 1 aromatic heterocycles. The monoisotopic (exact) mass is 458 g/mol. The molecule has 4 rings (SSSR count). The number of para-hydroxylation sites is 1. The Bertz CT molecular complexity index is 1190. The lowest BCUT2D eigenvalue weighted by atomic mass is 9.97. The second-order valence-corrected chi connectivity index (χ2v) is 9.85. The van der Waals surface area contributed by atoms with Crippen LogP contribution in [0.4, 0.5) is 0 Å². The summed E-state index contributed by atoms with van der Waals surface area (Å²) in [5.74, 6) is 0.0105. The van der Waals surface area contributed by atoms with Crippen molar-refractivity contribution in [3.8, 4) is 11.1 Å². The molecule has 5 nitrogen and oxygen atoms in total. The first-order valence-corrected chi connectivity index (χ1v) is 12.8. The molecule has 34 heavy (non-hydrogen) atoms. The molecule has 2 aromatic carbocycles. The SMILES string of the molecule is C[C@@H]1CCC[C@H](C)N1CCCCCCn1c(=O)c(-c2cccc(C(=N)N)c2)cc2ccccc21. The lowest BCUT2D eigenvalue weighted by Gasteiger charge is -2.39. The molecule has 1 aliphatic rings. The van der Waals surface area contributed by atoms with Crippen LogP contribution in [0.25, 0.3) is 22.0 Å². The first kappa shape index (κ1) is 24.2. The summed E-state index contributed by atoms with van der Waals surface area (Å²) in [6.45, 7) is 6.64. The maximum absolute atomic E-state index is 13.5. The zero-order valence-corrected chi connectivity index (χ0v) is 20.6. The van der Waals surface area contributed by atoms with Gasteiger partial charge in [0.05, 0.1) is 5.52 Å². The molecule has 0 saturated carbocycles. The molecule has 1 saturated heterocycles. The number of pyridine rings is 1. The fraction of sp³-hybridized carbons (Fsp3) is 0.448. The number of hydrogen-bond donors (Lipinski definition) is 2. The molecule has 0 bridgehead atoms. The van der Waals surface area contributed by atoms with E-state index in [4.69, 9.17) is 11.1 Å². The van der Waals surface area contributed by atoms with Gasteiger partial charge in [-0.15, -0.1) is 0 Å². The number of unbranched alkanes of at least 4 members (excludes halogenated alkanes) is 3. The molecule has 2 atom stereocenters. The summed E-state index contributed by atoms with van der Waals surface area (Å²) in [6.07, 6.45) is 8.55. The fourth-order valence-electron chi connectivity index (χ4n) is 5.44.